The van der Waals surface area contributed by atoms with Crippen LogP contribution in [-0.4, -0.2) is 41.9 Å². The van der Waals surface area contributed by atoms with Crippen molar-refractivity contribution >= 4 is 40.9 Å². The topological polar surface area (TPSA) is 84.9 Å². The van der Waals surface area contributed by atoms with E-state index in [0.29, 0.717) is 32.7 Å². The number of likely N-dealkylation sites (tertiary alicyclic amines) is 1. The normalized spacial score (nSPS) is 18.6. The molecule has 2 aromatic carbocycles. The first kappa shape index (κ1) is 23.4. The van der Waals surface area contributed by atoms with E-state index in [9.17, 15) is 14.4 Å². The molecule has 0 bridgehead atoms. The maximum Gasteiger partial charge on any atom is 0.252 e. The minimum absolute atomic E-state index is 0.00859. The number of carbonyl (C=O) groups is 3. The van der Waals surface area contributed by atoms with Gasteiger partial charge in [-0.3, -0.25) is 19.3 Å². The Morgan fingerprint density at radius 2 is 1.85 bits per heavy atom. The van der Waals surface area contributed by atoms with E-state index in [1.807, 2.05) is 0 Å². The fourth-order valence-corrected chi connectivity index (χ4v) is 4.51. The molecular formula is C24H24Cl2N2O5. The van der Waals surface area contributed by atoms with Gasteiger partial charge in [0.1, 0.15) is 6.04 Å². The molecule has 1 aliphatic heterocycles. The average molecular weight is 491 g/mol. The molecule has 3 amide bonds. The van der Waals surface area contributed by atoms with Gasteiger partial charge in [0.15, 0.2) is 11.5 Å². The molecule has 4 rings (SSSR count). The van der Waals surface area contributed by atoms with Crippen molar-refractivity contribution in [1.29, 1.82) is 0 Å². The van der Waals surface area contributed by atoms with Gasteiger partial charge in [-0.1, -0.05) is 23.2 Å². The van der Waals surface area contributed by atoms with Gasteiger partial charge in [-0.2, -0.15) is 0 Å². The fraction of sp³-hybridized carbons (Fsp3) is 0.375. The summed E-state index contributed by atoms with van der Waals surface area (Å²) in [7, 11) is 1.54. The number of imide groups is 1. The Morgan fingerprint density at radius 3 is 2.58 bits per heavy atom. The Labute approximate surface area is 201 Å². The summed E-state index contributed by atoms with van der Waals surface area (Å²) < 4.78 is 11.4. The Morgan fingerprint density at radius 1 is 1.09 bits per heavy atom. The minimum atomic E-state index is -0.954. The highest BCUT2D eigenvalue weighted by Gasteiger charge is 2.39. The van der Waals surface area contributed by atoms with Crippen molar-refractivity contribution < 1.29 is 23.9 Å². The summed E-state index contributed by atoms with van der Waals surface area (Å²) in [6.07, 6.45) is 4.13. The number of hydrogen-bond acceptors (Lipinski definition) is 5. The van der Waals surface area contributed by atoms with E-state index in [1.54, 1.807) is 43.5 Å². The van der Waals surface area contributed by atoms with E-state index < -0.39 is 17.9 Å². The molecule has 33 heavy (non-hydrogen) atoms. The Balaban J connectivity index is 1.45. The average Bonchev–Trinajstić information content (AvgIpc) is 3.40. The number of nitrogens with zero attached hydrogens (tertiary/aromatic N) is 1. The molecule has 7 nitrogen and oxygen atoms in total. The summed E-state index contributed by atoms with van der Waals surface area (Å²) >= 11 is 12.2. The SMILES string of the molecule is COc1ccc(C(=O)N[C@H]2CC(=O)N(Cc3cc(Cl)ccc3Cl)C2=O)cc1OC1CCCC1. The number of ether oxygens (including phenoxy) is 2. The van der Waals surface area contributed by atoms with Crippen molar-refractivity contribution in [3.05, 3.63) is 57.6 Å². The zero-order valence-corrected chi connectivity index (χ0v) is 19.6. The molecule has 1 atom stereocenters. The van der Waals surface area contributed by atoms with Crippen LogP contribution in [0.3, 0.4) is 0 Å². The van der Waals surface area contributed by atoms with E-state index in [1.165, 1.54) is 0 Å². The van der Waals surface area contributed by atoms with Gasteiger partial charge in [-0.15, -0.1) is 0 Å². The van der Waals surface area contributed by atoms with Crippen molar-refractivity contribution in [2.24, 2.45) is 0 Å². The van der Waals surface area contributed by atoms with Crippen molar-refractivity contribution in [1.82, 2.24) is 10.2 Å². The molecule has 1 aliphatic carbocycles. The molecule has 0 radical (unpaired) electrons. The van der Waals surface area contributed by atoms with E-state index in [-0.39, 0.29) is 25.0 Å². The van der Waals surface area contributed by atoms with Gasteiger partial charge in [-0.25, -0.2) is 0 Å². The van der Waals surface area contributed by atoms with Crippen molar-refractivity contribution in [3.8, 4) is 11.5 Å². The molecule has 2 aromatic rings. The fourth-order valence-electron chi connectivity index (χ4n) is 4.13. The van der Waals surface area contributed by atoms with E-state index in [4.69, 9.17) is 32.7 Å². The molecule has 2 fully saturated rings. The van der Waals surface area contributed by atoms with Gasteiger partial charge in [0, 0.05) is 15.6 Å². The van der Waals surface area contributed by atoms with Crippen molar-refractivity contribution in [2.75, 3.05) is 7.11 Å². The smallest absolute Gasteiger partial charge is 0.252 e. The Kier molecular flexibility index (Phi) is 7.10. The van der Waals surface area contributed by atoms with Crippen LogP contribution in [0.2, 0.25) is 10.0 Å². The van der Waals surface area contributed by atoms with Crippen LogP contribution < -0.4 is 14.8 Å². The zero-order valence-electron chi connectivity index (χ0n) is 18.1. The summed E-state index contributed by atoms with van der Waals surface area (Å²) in [4.78, 5) is 39.3. The molecule has 1 N–H and O–H groups in total. The molecule has 1 saturated heterocycles. The lowest BCUT2D eigenvalue weighted by atomic mass is 10.1. The second-order valence-electron chi connectivity index (χ2n) is 8.17. The van der Waals surface area contributed by atoms with Crippen LogP contribution in [0, 0.1) is 0 Å². The Hall–Kier alpha value is -2.77. The monoisotopic (exact) mass is 490 g/mol. The van der Waals surface area contributed by atoms with Crippen LogP contribution in [0.25, 0.3) is 0 Å². The molecule has 0 aromatic heterocycles. The number of benzene rings is 2. The van der Waals surface area contributed by atoms with Gasteiger partial charge in [-0.05, 0) is 67.6 Å². The third-order valence-corrected chi connectivity index (χ3v) is 6.51. The molecule has 174 valence electrons. The van der Waals surface area contributed by atoms with Crippen LogP contribution in [0.15, 0.2) is 36.4 Å². The molecular weight excluding hydrogens is 467 g/mol. The van der Waals surface area contributed by atoms with Crippen LogP contribution in [0.5, 0.6) is 11.5 Å². The summed E-state index contributed by atoms with van der Waals surface area (Å²) in [5.41, 5.74) is 0.877. The third kappa shape index (κ3) is 5.25. The van der Waals surface area contributed by atoms with E-state index >= 15 is 0 Å². The number of rotatable bonds is 7. The number of hydrogen-bond donors (Lipinski definition) is 1. The molecule has 0 unspecified atom stereocenters. The first-order valence-corrected chi connectivity index (χ1v) is 11.5. The number of halogens is 2. The molecule has 1 saturated carbocycles. The second-order valence-corrected chi connectivity index (χ2v) is 9.02. The molecule has 9 heteroatoms. The molecule has 2 aliphatic rings. The van der Waals surface area contributed by atoms with Gasteiger partial charge in [0.25, 0.3) is 11.8 Å². The van der Waals surface area contributed by atoms with Gasteiger partial charge < -0.3 is 14.8 Å². The van der Waals surface area contributed by atoms with Crippen LogP contribution >= 0.6 is 23.2 Å². The van der Waals surface area contributed by atoms with Crippen LogP contribution in [-0.2, 0) is 16.1 Å². The number of methoxy groups -OCH3 is 1. The first-order chi connectivity index (χ1) is 15.9. The molecule has 1 heterocycles. The van der Waals surface area contributed by atoms with Crippen LogP contribution in [0.1, 0.15) is 48.0 Å². The Bertz CT molecular complexity index is 1080. The predicted octanol–water partition coefficient (Wildman–Crippen LogP) is 4.38. The number of carbonyl (C=O) groups excluding carboxylic acids is 3. The van der Waals surface area contributed by atoms with E-state index in [0.717, 1.165) is 30.6 Å². The summed E-state index contributed by atoms with van der Waals surface area (Å²) in [6.45, 7) is -0.00859. The number of amides is 3. The standard InChI is InChI=1S/C24H24Cl2N2O5/c1-32-20-9-6-14(11-21(20)33-17-4-2-3-5-17)23(30)27-19-12-22(29)28(24(19)31)13-15-10-16(25)7-8-18(15)26/h6-11,17,19H,2-5,12-13H2,1H3,(H,27,30)/t19-/m0/s1. The third-order valence-electron chi connectivity index (χ3n) is 5.91. The highest BCUT2D eigenvalue weighted by molar-refractivity contribution is 6.33. The maximum atomic E-state index is 12.9. The maximum absolute atomic E-state index is 12.9. The zero-order chi connectivity index (χ0) is 23.5. The van der Waals surface area contributed by atoms with Gasteiger partial charge in [0.05, 0.1) is 26.2 Å². The van der Waals surface area contributed by atoms with Crippen molar-refractivity contribution in [2.45, 2.75) is 50.8 Å². The van der Waals surface area contributed by atoms with Crippen LogP contribution in [0.4, 0.5) is 0 Å². The van der Waals surface area contributed by atoms with E-state index in [2.05, 4.69) is 5.32 Å². The summed E-state index contributed by atoms with van der Waals surface area (Å²) in [5, 5.41) is 3.52. The van der Waals surface area contributed by atoms with Gasteiger partial charge >= 0.3 is 0 Å². The largest absolute Gasteiger partial charge is 0.493 e. The highest BCUT2D eigenvalue weighted by Crippen LogP contribution is 2.32. The van der Waals surface area contributed by atoms with Crippen molar-refractivity contribution in [3.63, 3.8) is 0 Å². The predicted molar refractivity (Wildman–Crippen MR) is 124 cm³/mol. The highest BCUT2D eigenvalue weighted by atomic mass is 35.5. The first-order valence-electron chi connectivity index (χ1n) is 10.8. The number of nitrogens with one attached hydrogen (secondary N) is 1. The lowest BCUT2D eigenvalue weighted by Crippen LogP contribution is -2.41. The minimum Gasteiger partial charge on any atom is -0.493 e. The summed E-state index contributed by atoms with van der Waals surface area (Å²) in [6, 6.07) is 8.76. The second kappa shape index (κ2) is 10.0. The molecule has 0 spiro atoms. The van der Waals surface area contributed by atoms with Gasteiger partial charge in [0.2, 0.25) is 5.91 Å². The lowest BCUT2D eigenvalue weighted by molar-refractivity contribution is -0.139. The summed E-state index contributed by atoms with van der Waals surface area (Å²) in [5.74, 6) is -0.317. The lowest BCUT2D eigenvalue weighted by Gasteiger charge is -2.18. The quantitative estimate of drug-likeness (QED) is 0.582.